The molecule has 2 rings (SSSR count). The third-order valence-corrected chi connectivity index (χ3v) is 21.3. The van der Waals surface area contributed by atoms with Crippen LogP contribution in [0, 0.1) is 0 Å². The van der Waals surface area contributed by atoms with Crippen molar-refractivity contribution in [2.75, 3.05) is 0 Å². The predicted octanol–water partition coefficient (Wildman–Crippen LogP) is 5.29. The van der Waals surface area contributed by atoms with Crippen LogP contribution in [-0.4, -0.2) is 19.8 Å². The zero-order valence-electron chi connectivity index (χ0n) is 11.6. The molecule has 1 heteroatoms. The number of rotatable bonds is 2. The summed E-state index contributed by atoms with van der Waals surface area (Å²) in [6.45, 7) is 5.35. The predicted molar refractivity (Wildman–Crippen MR) is 75.9 cm³/mol. The van der Waals surface area contributed by atoms with Crippen molar-refractivity contribution in [2.24, 2.45) is 0 Å². The summed E-state index contributed by atoms with van der Waals surface area (Å²) in [6.07, 6.45) is 15.5. The van der Waals surface area contributed by atoms with Gasteiger partial charge in [0.1, 0.15) is 0 Å². The van der Waals surface area contributed by atoms with Gasteiger partial charge >= 0.3 is 110 Å². The average molecular weight is 329 g/mol. The molecular weight excluding hydrogens is 299 g/mol. The molecule has 16 heavy (non-hydrogen) atoms. The van der Waals surface area contributed by atoms with Crippen LogP contribution in [0.25, 0.3) is 0 Å². The number of hydrogen-bond acceptors (Lipinski definition) is 0. The van der Waals surface area contributed by atoms with Crippen LogP contribution in [0.4, 0.5) is 0 Å². The van der Waals surface area contributed by atoms with Gasteiger partial charge in [0, 0.05) is 0 Å². The van der Waals surface area contributed by atoms with E-state index in [2.05, 4.69) is 18.8 Å². The zero-order valence-corrected chi connectivity index (χ0v) is 14.9. The Morgan fingerprint density at radius 1 is 0.625 bits per heavy atom. The summed E-state index contributed by atoms with van der Waals surface area (Å²) >= 11 is -1.38. The van der Waals surface area contributed by atoms with Crippen LogP contribution in [0.1, 0.15) is 78.1 Å². The molecule has 0 atom stereocenters. The summed E-state index contributed by atoms with van der Waals surface area (Å²) in [5.74, 6) is 0. The average Bonchev–Trinajstić information content (AvgIpc) is 2.30. The van der Waals surface area contributed by atoms with Crippen molar-refractivity contribution in [3.8, 4) is 0 Å². The van der Waals surface area contributed by atoms with Crippen molar-refractivity contribution >= 4 is 19.8 Å². The third-order valence-electron chi connectivity index (χ3n) is 6.08. The Bertz CT molecular complexity index is 198. The Kier molecular flexibility index (Phi) is 4.30. The molecule has 0 radical (unpaired) electrons. The van der Waals surface area contributed by atoms with E-state index in [1.165, 1.54) is 38.5 Å². The van der Waals surface area contributed by atoms with Crippen LogP contribution in [0.5, 0.6) is 0 Å². The van der Waals surface area contributed by atoms with E-state index in [-0.39, 0.29) is 0 Å². The van der Waals surface area contributed by atoms with E-state index in [0.29, 0.717) is 0 Å². The Hall–Kier alpha value is 0.799. The molecule has 0 aromatic heterocycles. The molecule has 0 bridgehead atoms. The van der Waals surface area contributed by atoms with Crippen molar-refractivity contribution in [3.05, 3.63) is 0 Å². The van der Waals surface area contributed by atoms with Crippen LogP contribution < -0.4 is 0 Å². The van der Waals surface area contributed by atoms with Crippen LogP contribution in [-0.2, 0) is 0 Å². The fourth-order valence-electron chi connectivity index (χ4n) is 4.43. The van der Waals surface area contributed by atoms with Gasteiger partial charge in [-0.3, -0.25) is 0 Å². The summed E-state index contributed by atoms with van der Waals surface area (Å²) < 4.78 is 1.73. The van der Waals surface area contributed by atoms with Gasteiger partial charge < -0.3 is 0 Å². The molecule has 0 heterocycles. The molecular formula is C15H30Sn. The first-order valence-electron chi connectivity index (χ1n) is 7.57. The quantitative estimate of drug-likeness (QED) is 0.604. The van der Waals surface area contributed by atoms with Crippen molar-refractivity contribution in [1.82, 2.24) is 0 Å². The molecule has 0 unspecified atom stereocenters. The van der Waals surface area contributed by atoms with Gasteiger partial charge in [0.2, 0.25) is 0 Å². The zero-order chi connectivity index (χ0) is 11.6. The Morgan fingerprint density at radius 2 is 0.938 bits per heavy atom. The maximum absolute atomic E-state index is 2.78. The molecule has 0 aliphatic heterocycles. The van der Waals surface area contributed by atoms with E-state index in [9.17, 15) is 0 Å². The van der Waals surface area contributed by atoms with E-state index >= 15 is 0 Å². The first-order valence-corrected chi connectivity index (χ1v) is 14.2. The first kappa shape index (κ1) is 13.2. The van der Waals surface area contributed by atoms with Gasteiger partial charge in [-0.1, -0.05) is 0 Å². The SMILES string of the molecule is [CH3][SnH]([C]1(C)CCCCC1)[C]1(C)CCCCC1. The monoisotopic (exact) mass is 330 g/mol. The molecule has 0 aromatic carbocycles. The molecule has 2 aliphatic rings. The minimum atomic E-state index is -1.38. The summed E-state index contributed by atoms with van der Waals surface area (Å²) in [4.78, 5) is 2.78. The molecule has 0 N–H and O–H groups in total. The Balaban J connectivity index is 2.06. The van der Waals surface area contributed by atoms with E-state index in [0.717, 1.165) is 6.86 Å². The van der Waals surface area contributed by atoms with E-state index < -0.39 is 19.8 Å². The maximum atomic E-state index is 2.78. The Labute approximate surface area is 109 Å². The standard InChI is InChI=1S/2C7H13.CH3.Sn.H/c2*1-7-5-3-2-4-6-7;;;/h2*2-6H2,1H3;1H3;;. The van der Waals surface area contributed by atoms with Crippen LogP contribution in [0.3, 0.4) is 0 Å². The van der Waals surface area contributed by atoms with Gasteiger partial charge in [-0.25, -0.2) is 0 Å². The van der Waals surface area contributed by atoms with Gasteiger partial charge in [0.05, 0.1) is 0 Å². The molecule has 0 aromatic rings. The topological polar surface area (TPSA) is 0 Å². The molecule has 2 fully saturated rings. The van der Waals surface area contributed by atoms with Gasteiger partial charge in [-0.15, -0.1) is 0 Å². The van der Waals surface area contributed by atoms with Crippen molar-refractivity contribution < 1.29 is 0 Å². The summed E-state index contributed by atoms with van der Waals surface area (Å²) in [5, 5.41) is 0. The summed E-state index contributed by atoms with van der Waals surface area (Å²) in [5.41, 5.74) is 0. The van der Waals surface area contributed by atoms with Crippen molar-refractivity contribution in [1.29, 1.82) is 0 Å². The number of hydrogen-bond donors (Lipinski definition) is 0. The van der Waals surface area contributed by atoms with Crippen LogP contribution >= 0.6 is 0 Å². The third kappa shape index (κ3) is 2.62. The van der Waals surface area contributed by atoms with Gasteiger partial charge in [-0.2, -0.15) is 0 Å². The Morgan fingerprint density at radius 3 is 1.25 bits per heavy atom. The van der Waals surface area contributed by atoms with Gasteiger partial charge in [-0.05, 0) is 0 Å². The van der Waals surface area contributed by atoms with Crippen LogP contribution in [0.15, 0.2) is 0 Å². The van der Waals surface area contributed by atoms with Gasteiger partial charge in [0.15, 0.2) is 0 Å². The minimum absolute atomic E-state index is 0.867. The molecule has 2 saturated carbocycles. The molecule has 2 aliphatic carbocycles. The van der Waals surface area contributed by atoms with E-state index in [1.54, 1.807) is 25.7 Å². The van der Waals surface area contributed by atoms with E-state index in [1.807, 2.05) is 0 Å². The summed E-state index contributed by atoms with van der Waals surface area (Å²) in [7, 11) is 0. The second-order valence-corrected chi connectivity index (χ2v) is 19.2. The summed E-state index contributed by atoms with van der Waals surface area (Å²) in [6, 6.07) is 0. The van der Waals surface area contributed by atoms with Crippen LogP contribution in [0.2, 0.25) is 11.8 Å². The molecule has 0 nitrogen and oxygen atoms in total. The van der Waals surface area contributed by atoms with Crippen molar-refractivity contribution in [3.63, 3.8) is 0 Å². The molecule has 0 amide bonds. The first-order chi connectivity index (χ1) is 7.57. The molecule has 94 valence electrons. The van der Waals surface area contributed by atoms with Crippen molar-refractivity contribution in [2.45, 2.75) is 89.9 Å². The molecule has 0 saturated heterocycles. The van der Waals surface area contributed by atoms with E-state index in [4.69, 9.17) is 0 Å². The fourth-order valence-corrected chi connectivity index (χ4v) is 16.5. The second-order valence-electron chi connectivity index (χ2n) is 7.15. The van der Waals surface area contributed by atoms with Gasteiger partial charge in [0.25, 0.3) is 0 Å². The normalized spacial score (nSPS) is 29.2. The second kappa shape index (κ2) is 5.20. The molecule has 0 spiro atoms. The fraction of sp³-hybridized carbons (Fsp3) is 1.00.